The van der Waals surface area contributed by atoms with Gasteiger partial charge in [0, 0.05) is 5.69 Å². The molecule has 0 spiro atoms. The molecule has 5 heteroatoms. The van der Waals surface area contributed by atoms with Crippen molar-refractivity contribution >= 4 is 17.6 Å². The monoisotopic (exact) mass is 296 g/mol. The van der Waals surface area contributed by atoms with Crippen molar-refractivity contribution in [3.63, 3.8) is 0 Å². The third kappa shape index (κ3) is 2.71. The largest absolute Gasteiger partial charge is 0.480 e. The lowest BCUT2D eigenvalue weighted by Gasteiger charge is -2.09. The van der Waals surface area contributed by atoms with Gasteiger partial charge in [-0.05, 0) is 40.8 Å². The number of nitrogens with two attached hydrogens (primary N) is 1. The Balaban J connectivity index is 1.78. The van der Waals surface area contributed by atoms with Crippen molar-refractivity contribution in [1.29, 1.82) is 0 Å². The van der Waals surface area contributed by atoms with E-state index >= 15 is 0 Å². The van der Waals surface area contributed by atoms with Crippen molar-refractivity contribution < 1.29 is 14.7 Å². The minimum atomic E-state index is -1.19. The number of carboxylic acid groups (broad SMARTS) is 1. The highest BCUT2D eigenvalue weighted by molar-refractivity contribution is 5.95. The Morgan fingerprint density at radius 2 is 1.86 bits per heavy atom. The summed E-state index contributed by atoms with van der Waals surface area (Å²) in [6.07, 6.45) is 0.645. The Kier molecular flexibility index (Phi) is 3.65. The summed E-state index contributed by atoms with van der Waals surface area (Å²) in [7, 11) is 0. The number of anilines is 1. The van der Waals surface area contributed by atoms with Gasteiger partial charge in [-0.2, -0.15) is 0 Å². The molecule has 5 nitrogen and oxygen atoms in total. The van der Waals surface area contributed by atoms with Crippen molar-refractivity contribution in [3.8, 4) is 11.1 Å². The predicted octanol–water partition coefficient (Wildman–Crippen LogP) is 2.00. The summed E-state index contributed by atoms with van der Waals surface area (Å²) in [6, 6.07) is 12.7. The molecule has 0 radical (unpaired) electrons. The minimum absolute atomic E-state index is 0.247. The van der Waals surface area contributed by atoms with Gasteiger partial charge in [0.15, 0.2) is 0 Å². The van der Waals surface area contributed by atoms with Crippen molar-refractivity contribution in [2.75, 3.05) is 5.32 Å². The zero-order chi connectivity index (χ0) is 15.7. The molecule has 2 aromatic carbocycles. The average Bonchev–Trinajstić information content (AvgIpc) is 2.85. The molecule has 0 heterocycles. The molecule has 22 heavy (non-hydrogen) atoms. The summed E-state index contributed by atoms with van der Waals surface area (Å²) in [6.45, 7) is 0. The van der Waals surface area contributed by atoms with Gasteiger partial charge < -0.3 is 16.2 Å². The zero-order valence-corrected chi connectivity index (χ0v) is 11.9. The summed E-state index contributed by atoms with van der Waals surface area (Å²) in [5.74, 6) is -1.58. The molecule has 0 fully saturated rings. The van der Waals surface area contributed by atoms with E-state index in [0.29, 0.717) is 5.69 Å². The van der Waals surface area contributed by atoms with E-state index in [4.69, 9.17) is 10.8 Å². The molecule has 1 amide bonds. The quantitative estimate of drug-likeness (QED) is 0.686. The Morgan fingerprint density at radius 3 is 2.64 bits per heavy atom. The van der Waals surface area contributed by atoms with Gasteiger partial charge in [-0.25, -0.2) is 0 Å². The first-order chi connectivity index (χ1) is 10.5. The van der Waals surface area contributed by atoms with E-state index in [2.05, 4.69) is 17.4 Å². The second-order valence-corrected chi connectivity index (χ2v) is 5.40. The van der Waals surface area contributed by atoms with Crippen LogP contribution >= 0.6 is 0 Å². The van der Waals surface area contributed by atoms with Gasteiger partial charge in [0.05, 0.1) is 6.42 Å². The molecule has 0 saturated heterocycles. The molecule has 0 saturated carbocycles. The molecular weight excluding hydrogens is 280 g/mol. The van der Waals surface area contributed by atoms with Crippen LogP contribution in [0.2, 0.25) is 0 Å². The number of nitrogens with one attached hydrogen (secondary N) is 1. The van der Waals surface area contributed by atoms with Crippen molar-refractivity contribution in [1.82, 2.24) is 0 Å². The molecule has 1 atom stereocenters. The third-order valence-electron chi connectivity index (χ3n) is 3.80. The van der Waals surface area contributed by atoms with Gasteiger partial charge in [-0.1, -0.05) is 30.3 Å². The Hall–Kier alpha value is -2.66. The fourth-order valence-corrected chi connectivity index (χ4v) is 2.70. The Morgan fingerprint density at radius 1 is 1.14 bits per heavy atom. The number of carbonyl (C=O) groups is 2. The SMILES string of the molecule is N[C@@H](CC(=O)Nc1ccc2c(c1)-c1ccccc1C2)C(=O)O. The molecule has 2 aromatic rings. The molecule has 112 valence electrons. The van der Waals surface area contributed by atoms with Gasteiger partial charge >= 0.3 is 5.97 Å². The smallest absolute Gasteiger partial charge is 0.321 e. The van der Waals surface area contributed by atoms with E-state index in [-0.39, 0.29) is 6.42 Å². The lowest BCUT2D eigenvalue weighted by molar-refractivity contribution is -0.140. The molecule has 1 aliphatic carbocycles. The van der Waals surface area contributed by atoms with Crippen LogP contribution in [-0.4, -0.2) is 23.0 Å². The van der Waals surface area contributed by atoms with E-state index in [1.807, 2.05) is 30.3 Å². The molecule has 3 rings (SSSR count). The molecule has 0 aliphatic heterocycles. The van der Waals surface area contributed by atoms with E-state index < -0.39 is 17.9 Å². The number of carbonyl (C=O) groups excluding carboxylic acids is 1. The van der Waals surface area contributed by atoms with Crippen LogP contribution in [0.3, 0.4) is 0 Å². The fraction of sp³-hybridized carbons (Fsp3) is 0.176. The standard InChI is InChI=1S/C17H16N2O3/c18-15(17(21)22)9-16(20)19-12-6-5-11-7-10-3-1-2-4-13(10)14(11)8-12/h1-6,8,15H,7,9,18H2,(H,19,20)(H,21,22)/t15-/m0/s1. The van der Waals surface area contributed by atoms with Crippen LogP contribution in [0.25, 0.3) is 11.1 Å². The van der Waals surface area contributed by atoms with Crippen LogP contribution in [0, 0.1) is 0 Å². The van der Waals surface area contributed by atoms with Gasteiger partial charge in [-0.15, -0.1) is 0 Å². The second-order valence-electron chi connectivity index (χ2n) is 5.40. The number of amides is 1. The summed E-state index contributed by atoms with van der Waals surface area (Å²) >= 11 is 0. The highest BCUT2D eigenvalue weighted by Gasteiger charge is 2.19. The molecule has 0 aromatic heterocycles. The van der Waals surface area contributed by atoms with E-state index in [1.54, 1.807) is 0 Å². The minimum Gasteiger partial charge on any atom is -0.480 e. The molecule has 0 bridgehead atoms. The molecule has 0 unspecified atom stereocenters. The Bertz CT molecular complexity index is 755. The number of hydrogen-bond donors (Lipinski definition) is 3. The highest BCUT2D eigenvalue weighted by Crippen LogP contribution is 2.37. The normalized spacial score (nSPS) is 13.1. The first kappa shape index (κ1) is 14.3. The van der Waals surface area contributed by atoms with Crippen molar-refractivity contribution in [2.45, 2.75) is 18.9 Å². The molecule has 4 N–H and O–H groups in total. The zero-order valence-electron chi connectivity index (χ0n) is 11.9. The Labute approximate surface area is 127 Å². The van der Waals surface area contributed by atoms with E-state index in [9.17, 15) is 9.59 Å². The lowest BCUT2D eigenvalue weighted by atomic mass is 10.1. The second kappa shape index (κ2) is 5.61. The predicted molar refractivity (Wildman–Crippen MR) is 83.5 cm³/mol. The molecule has 1 aliphatic rings. The number of hydrogen-bond acceptors (Lipinski definition) is 3. The van der Waals surface area contributed by atoms with Gasteiger partial charge in [-0.3, -0.25) is 9.59 Å². The van der Waals surface area contributed by atoms with Crippen LogP contribution in [0.4, 0.5) is 5.69 Å². The van der Waals surface area contributed by atoms with Crippen molar-refractivity contribution in [2.24, 2.45) is 5.73 Å². The summed E-state index contributed by atoms with van der Waals surface area (Å²) in [4.78, 5) is 22.5. The number of benzene rings is 2. The maximum absolute atomic E-state index is 11.8. The number of carboxylic acids is 1. The molecular formula is C17H16N2O3. The lowest BCUT2D eigenvalue weighted by Crippen LogP contribution is -2.34. The van der Waals surface area contributed by atoms with E-state index in [1.165, 1.54) is 16.7 Å². The van der Waals surface area contributed by atoms with Gasteiger partial charge in [0.1, 0.15) is 6.04 Å². The van der Waals surface area contributed by atoms with Crippen LogP contribution in [0.15, 0.2) is 42.5 Å². The van der Waals surface area contributed by atoms with Crippen LogP contribution in [0.5, 0.6) is 0 Å². The van der Waals surface area contributed by atoms with Crippen LogP contribution in [-0.2, 0) is 16.0 Å². The number of fused-ring (bicyclic) bond motifs is 3. The maximum Gasteiger partial charge on any atom is 0.321 e. The van der Waals surface area contributed by atoms with Gasteiger partial charge in [0.25, 0.3) is 0 Å². The summed E-state index contributed by atoms with van der Waals surface area (Å²) in [5, 5.41) is 11.4. The highest BCUT2D eigenvalue weighted by atomic mass is 16.4. The average molecular weight is 296 g/mol. The maximum atomic E-state index is 11.8. The first-order valence-electron chi connectivity index (χ1n) is 7.04. The third-order valence-corrected chi connectivity index (χ3v) is 3.80. The van der Waals surface area contributed by atoms with Crippen molar-refractivity contribution in [3.05, 3.63) is 53.6 Å². The van der Waals surface area contributed by atoms with Crippen LogP contribution in [0.1, 0.15) is 17.5 Å². The number of rotatable bonds is 4. The summed E-state index contributed by atoms with van der Waals surface area (Å²) in [5.41, 5.74) is 10.8. The first-order valence-corrected chi connectivity index (χ1v) is 7.04. The fourth-order valence-electron chi connectivity index (χ4n) is 2.70. The topological polar surface area (TPSA) is 92.4 Å². The van der Waals surface area contributed by atoms with E-state index in [0.717, 1.165) is 12.0 Å². The van der Waals surface area contributed by atoms with Crippen LogP contribution < -0.4 is 11.1 Å². The number of aliphatic carboxylic acids is 1. The summed E-state index contributed by atoms with van der Waals surface area (Å²) < 4.78 is 0. The van der Waals surface area contributed by atoms with Gasteiger partial charge in [0.2, 0.25) is 5.91 Å².